The molecule has 4 N–H and O–H groups in total. The van der Waals surface area contributed by atoms with Gasteiger partial charge in [0.25, 0.3) is 5.91 Å². The summed E-state index contributed by atoms with van der Waals surface area (Å²) < 4.78 is 0. The topological polar surface area (TPSA) is 85.2 Å². The fourth-order valence-electron chi connectivity index (χ4n) is 1.23. The summed E-state index contributed by atoms with van der Waals surface area (Å²) in [7, 11) is 3.70. The van der Waals surface area contributed by atoms with Crippen molar-refractivity contribution in [1.29, 1.82) is 0 Å². The van der Waals surface area contributed by atoms with Gasteiger partial charge < -0.3 is 16.4 Å². The van der Waals surface area contributed by atoms with Crippen LogP contribution >= 0.6 is 0 Å². The Morgan fingerprint density at radius 3 is 2.43 bits per heavy atom. The Balaban J connectivity index is 3.32. The van der Waals surface area contributed by atoms with Crippen LogP contribution in [0.15, 0.2) is 6.07 Å². The smallest absolute Gasteiger partial charge is 0.252 e. The number of rotatable bonds is 2. The van der Waals surface area contributed by atoms with Gasteiger partial charge in [0.2, 0.25) is 0 Å². The van der Waals surface area contributed by atoms with Crippen LogP contribution in [0.25, 0.3) is 0 Å². The third kappa shape index (κ3) is 1.76. The molecule has 0 aromatic carbocycles. The van der Waals surface area contributed by atoms with Crippen molar-refractivity contribution >= 4 is 17.5 Å². The highest BCUT2D eigenvalue weighted by molar-refractivity contribution is 5.98. The standard InChI is InChI=1S/C9H14N4O/c1-5-4-6(13(2)3)12-8(10)7(5)9(11)14/h4H,1-3H3,(H2,10,12)(H2,11,14). The zero-order valence-electron chi connectivity index (χ0n) is 8.53. The summed E-state index contributed by atoms with van der Waals surface area (Å²) in [5.41, 5.74) is 11.8. The third-order valence-electron chi connectivity index (χ3n) is 1.94. The number of amides is 1. The van der Waals surface area contributed by atoms with E-state index in [0.717, 1.165) is 5.56 Å². The molecule has 5 heteroatoms. The molecular formula is C9H14N4O. The van der Waals surface area contributed by atoms with Crippen LogP contribution < -0.4 is 16.4 Å². The summed E-state index contributed by atoms with van der Waals surface area (Å²) in [6.45, 7) is 1.78. The van der Waals surface area contributed by atoms with Gasteiger partial charge in [-0.3, -0.25) is 4.79 Å². The van der Waals surface area contributed by atoms with Gasteiger partial charge >= 0.3 is 0 Å². The van der Waals surface area contributed by atoms with Crippen molar-refractivity contribution in [2.24, 2.45) is 5.73 Å². The number of nitrogen functional groups attached to an aromatic ring is 1. The molecule has 0 radical (unpaired) electrons. The highest BCUT2D eigenvalue weighted by atomic mass is 16.1. The predicted molar refractivity (Wildman–Crippen MR) is 56.2 cm³/mol. The maximum atomic E-state index is 11.0. The zero-order valence-corrected chi connectivity index (χ0v) is 8.53. The van der Waals surface area contributed by atoms with Crippen LogP contribution in [-0.2, 0) is 0 Å². The molecule has 0 unspecified atom stereocenters. The molecule has 0 atom stereocenters. The van der Waals surface area contributed by atoms with Crippen molar-refractivity contribution in [3.63, 3.8) is 0 Å². The third-order valence-corrected chi connectivity index (χ3v) is 1.94. The molecule has 0 fully saturated rings. The minimum Gasteiger partial charge on any atom is -0.383 e. The number of aryl methyl sites for hydroxylation is 1. The average Bonchev–Trinajstić information content (AvgIpc) is 2.01. The average molecular weight is 194 g/mol. The predicted octanol–water partition coefficient (Wildman–Crippen LogP) is 0.137. The Labute approximate surface area is 82.7 Å². The maximum absolute atomic E-state index is 11.0. The van der Waals surface area contributed by atoms with Crippen molar-refractivity contribution in [2.75, 3.05) is 24.7 Å². The monoisotopic (exact) mass is 194 g/mol. The number of nitrogens with two attached hydrogens (primary N) is 2. The Bertz CT molecular complexity index is 350. The largest absolute Gasteiger partial charge is 0.383 e. The fourth-order valence-corrected chi connectivity index (χ4v) is 1.23. The van der Waals surface area contributed by atoms with Crippen molar-refractivity contribution < 1.29 is 4.79 Å². The number of hydrogen-bond acceptors (Lipinski definition) is 4. The number of anilines is 2. The normalized spacial score (nSPS) is 9.93. The lowest BCUT2D eigenvalue weighted by Gasteiger charge is -2.14. The number of pyridine rings is 1. The van der Waals surface area contributed by atoms with Crippen LogP contribution in [0.3, 0.4) is 0 Å². The van der Waals surface area contributed by atoms with Gasteiger partial charge in [0.05, 0.1) is 5.56 Å². The molecule has 5 nitrogen and oxygen atoms in total. The van der Waals surface area contributed by atoms with E-state index in [2.05, 4.69) is 4.98 Å². The van der Waals surface area contributed by atoms with E-state index < -0.39 is 5.91 Å². The number of hydrogen-bond donors (Lipinski definition) is 2. The van der Waals surface area contributed by atoms with E-state index in [-0.39, 0.29) is 5.82 Å². The summed E-state index contributed by atoms with van der Waals surface area (Å²) in [6, 6.07) is 1.77. The number of carbonyl (C=O) groups excluding carboxylic acids is 1. The first kappa shape index (κ1) is 10.3. The molecule has 1 rings (SSSR count). The summed E-state index contributed by atoms with van der Waals surface area (Å²) in [5.74, 6) is 0.351. The van der Waals surface area contributed by atoms with Gasteiger partial charge in [0.1, 0.15) is 11.6 Å². The molecule has 1 amide bonds. The van der Waals surface area contributed by atoms with Crippen LogP contribution in [0.1, 0.15) is 15.9 Å². The van der Waals surface area contributed by atoms with E-state index in [1.807, 2.05) is 19.0 Å². The molecule has 0 spiro atoms. The first-order chi connectivity index (χ1) is 6.43. The van der Waals surface area contributed by atoms with Crippen LogP contribution in [0, 0.1) is 6.92 Å². The molecular weight excluding hydrogens is 180 g/mol. The molecule has 14 heavy (non-hydrogen) atoms. The van der Waals surface area contributed by atoms with E-state index in [1.54, 1.807) is 13.0 Å². The molecule has 0 saturated heterocycles. The number of primary amides is 1. The molecule has 76 valence electrons. The Hall–Kier alpha value is -1.78. The van der Waals surface area contributed by atoms with Gasteiger partial charge in [0.15, 0.2) is 0 Å². The Morgan fingerprint density at radius 2 is 2.07 bits per heavy atom. The van der Waals surface area contributed by atoms with Gasteiger partial charge in [0, 0.05) is 14.1 Å². The second-order valence-corrected chi connectivity index (χ2v) is 3.32. The molecule has 1 aromatic rings. The van der Waals surface area contributed by atoms with E-state index >= 15 is 0 Å². The van der Waals surface area contributed by atoms with Gasteiger partial charge in [-0.15, -0.1) is 0 Å². The minimum atomic E-state index is -0.544. The van der Waals surface area contributed by atoms with Gasteiger partial charge in [-0.1, -0.05) is 0 Å². The SMILES string of the molecule is Cc1cc(N(C)C)nc(N)c1C(N)=O. The van der Waals surface area contributed by atoms with Crippen molar-refractivity contribution in [1.82, 2.24) is 4.98 Å². The molecule has 0 aliphatic heterocycles. The van der Waals surface area contributed by atoms with Crippen LogP contribution in [0.4, 0.5) is 11.6 Å². The van der Waals surface area contributed by atoms with Crippen LogP contribution in [0.5, 0.6) is 0 Å². The van der Waals surface area contributed by atoms with E-state index in [9.17, 15) is 4.79 Å². The van der Waals surface area contributed by atoms with E-state index in [4.69, 9.17) is 11.5 Å². The molecule has 0 bridgehead atoms. The first-order valence-electron chi connectivity index (χ1n) is 4.17. The summed E-state index contributed by atoms with van der Waals surface area (Å²) in [5, 5.41) is 0. The molecule has 0 aliphatic rings. The lowest BCUT2D eigenvalue weighted by Crippen LogP contribution is -2.19. The molecule has 0 aliphatic carbocycles. The van der Waals surface area contributed by atoms with Crippen molar-refractivity contribution in [3.8, 4) is 0 Å². The van der Waals surface area contributed by atoms with E-state index in [0.29, 0.717) is 11.4 Å². The summed E-state index contributed by atoms with van der Waals surface area (Å²) in [4.78, 5) is 16.9. The van der Waals surface area contributed by atoms with Crippen LogP contribution in [0.2, 0.25) is 0 Å². The fraction of sp³-hybridized carbons (Fsp3) is 0.333. The van der Waals surface area contributed by atoms with Gasteiger partial charge in [-0.25, -0.2) is 4.98 Å². The Kier molecular flexibility index (Phi) is 2.60. The lowest BCUT2D eigenvalue weighted by molar-refractivity contribution is 0.100. The molecule has 1 aromatic heterocycles. The minimum absolute atomic E-state index is 0.182. The number of carbonyl (C=O) groups is 1. The van der Waals surface area contributed by atoms with Gasteiger partial charge in [-0.2, -0.15) is 0 Å². The second kappa shape index (κ2) is 3.53. The first-order valence-corrected chi connectivity index (χ1v) is 4.17. The quantitative estimate of drug-likeness (QED) is 0.701. The summed E-state index contributed by atoms with van der Waals surface area (Å²) >= 11 is 0. The highest BCUT2D eigenvalue weighted by Crippen LogP contribution is 2.19. The molecule has 0 saturated carbocycles. The number of nitrogens with zero attached hydrogens (tertiary/aromatic N) is 2. The van der Waals surface area contributed by atoms with E-state index in [1.165, 1.54) is 0 Å². The number of aromatic nitrogens is 1. The maximum Gasteiger partial charge on any atom is 0.252 e. The van der Waals surface area contributed by atoms with Gasteiger partial charge in [-0.05, 0) is 18.6 Å². The zero-order chi connectivity index (χ0) is 10.9. The Morgan fingerprint density at radius 1 is 1.50 bits per heavy atom. The van der Waals surface area contributed by atoms with Crippen molar-refractivity contribution in [3.05, 3.63) is 17.2 Å². The highest BCUT2D eigenvalue weighted by Gasteiger charge is 2.12. The van der Waals surface area contributed by atoms with Crippen molar-refractivity contribution in [2.45, 2.75) is 6.92 Å². The second-order valence-electron chi connectivity index (χ2n) is 3.32. The lowest BCUT2D eigenvalue weighted by atomic mass is 10.1. The molecule has 1 heterocycles. The van der Waals surface area contributed by atoms with Crippen LogP contribution in [-0.4, -0.2) is 25.0 Å². The summed E-state index contributed by atoms with van der Waals surface area (Å²) in [6.07, 6.45) is 0.